The summed E-state index contributed by atoms with van der Waals surface area (Å²) in [5, 5.41) is 11.8. The molecule has 7 nitrogen and oxygen atoms in total. The van der Waals surface area contributed by atoms with Gasteiger partial charge in [0.1, 0.15) is 11.4 Å². The first-order valence-corrected chi connectivity index (χ1v) is 9.90. The summed E-state index contributed by atoms with van der Waals surface area (Å²) in [7, 11) is 0. The van der Waals surface area contributed by atoms with Crippen LogP contribution in [-0.2, 0) is 0 Å². The fourth-order valence-corrected chi connectivity index (χ4v) is 3.74. The lowest BCUT2D eigenvalue weighted by Crippen LogP contribution is -2.44. The third-order valence-corrected chi connectivity index (χ3v) is 5.20. The van der Waals surface area contributed by atoms with Crippen LogP contribution < -0.4 is 21.5 Å². The summed E-state index contributed by atoms with van der Waals surface area (Å²) in [5.41, 5.74) is 5.72. The highest BCUT2D eigenvalue weighted by molar-refractivity contribution is 7.80. The number of rotatable bonds is 2. The van der Waals surface area contributed by atoms with Crippen molar-refractivity contribution in [1.82, 2.24) is 20.6 Å². The molecule has 0 radical (unpaired) electrons. The topological polar surface area (TPSA) is 83.0 Å². The predicted molar refractivity (Wildman–Crippen MR) is 116 cm³/mol. The Bertz CT molecular complexity index is 1140. The summed E-state index contributed by atoms with van der Waals surface area (Å²) in [6, 6.07) is 11.1. The number of carbonyl (C=O) groups is 1. The van der Waals surface area contributed by atoms with Gasteiger partial charge in [0.05, 0.1) is 6.20 Å². The van der Waals surface area contributed by atoms with Crippen molar-refractivity contribution in [2.75, 3.05) is 10.6 Å². The van der Waals surface area contributed by atoms with Crippen LogP contribution in [0.5, 0.6) is 0 Å². The molecule has 4 N–H and O–H groups in total. The van der Waals surface area contributed by atoms with Crippen molar-refractivity contribution in [3.63, 3.8) is 0 Å². The van der Waals surface area contributed by atoms with E-state index in [0.29, 0.717) is 0 Å². The largest absolute Gasteiger partial charge is 0.410 e. The Balaban J connectivity index is 1.45. The summed E-state index contributed by atoms with van der Waals surface area (Å²) in [6.07, 6.45) is -3.53. The van der Waals surface area contributed by atoms with E-state index in [1.165, 1.54) is 0 Å². The number of hydrogen-bond acceptors (Lipinski definition) is 4. The molecule has 2 aromatic carbocycles. The highest BCUT2D eigenvalue weighted by atomic mass is 32.1. The van der Waals surface area contributed by atoms with Gasteiger partial charge in [0.15, 0.2) is 11.2 Å². The van der Waals surface area contributed by atoms with Crippen LogP contribution in [0.2, 0.25) is 0 Å². The Morgan fingerprint density at radius 1 is 1.19 bits per heavy atom. The maximum Gasteiger partial charge on any atom is 0.410 e. The fourth-order valence-electron chi connectivity index (χ4n) is 3.58. The van der Waals surface area contributed by atoms with E-state index in [1.54, 1.807) is 6.92 Å². The van der Waals surface area contributed by atoms with Gasteiger partial charge in [-0.1, -0.05) is 36.4 Å². The molecule has 0 unspecified atom stereocenters. The molecule has 0 fully saturated rings. The van der Waals surface area contributed by atoms with E-state index in [-0.39, 0.29) is 22.9 Å². The molecule has 4 rings (SSSR count). The van der Waals surface area contributed by atoms with Crippen molar-refractivity contribution < 1.29 is 18.0 Å². The summed E-state index contributed by atoms with van der Waals surface area (Å²) in [4.78, 5) is 12.6. The van der Waals surface area contributed by atoms with Gasteiger partial charge in [0.2, 0.25) is 0 Å². The van der Waals surface area contributed by atoms with E-state index in [1.807, 2.05) is 42.5 Å². The van der Waals surface area contributed by atoms with Gasteiger partial charge in [-0.25, -0.2) is 4.68 Å². The first-order chi connectivity index (χ1) is 14.7. The smallest absolute Gasteiger partial charge is 0.367 e. The zero-order valence-corrected chi connectivity index (χ0v) is 17.1. The van der Waals surface area contributed by atoms with Crippen LogP contribution >= 0.6 is 12.2 Å². The maximum absolute atomic E-state index is 13.3. The third-order valence-electron chi connectivity index (χ3n) is 5.00. The number of nitrogens with zero attached hydrogens (tertiary/aromatic N) is 2. The van der Waals surface area contributed by atoms with Crippen LogP contribution in [0.3, 0.4) is 0 Å². The van der Waals surface area contributed by atoms with Gasteiger partial charge in [0.25, 0.3) is 5.91 Å². The van der Waals surface area contributed by atoms with Gasteiger partial charge < -0.3 is 10.6 Å². The molecule has 1 aromatic heterocycles. The van der Waals surface area contributed by atoms with Gasteiger partial charge in [0, 0.05) is 17.1 Å². The molecule has 0 spiro atoms. The molecule has 0 aliphatic carbocycles. The number of carbonyl (C=O) groups excluding carboxylic acids is 1. The number of aromatic nitrogens is 2. The number of benzene rings is 2. The average molecular weight is 448 g/mol. The van der Waals surface area contributed by atoms with Crippen LogP contribution in [0.25, 0.3) is 10.8 Å². The minimum absolute atomic E-state index is 0.0127. The lowest BCUT2D eigenvalue weighted by atomic mass is 10.1. The van der Waals surface area contributed by atoms with Crippen molar-refractivity contribution in [2.45, 2.75) is 31.6 Å². The second-order valence-electron chi connectivity index (χ2n) is 7.25. The van der Waals surface area contributed by atoms with Crippen molar-refractivity contribution in [2.24, 2.45) is 0 Å². The minimum Gasteiger partial charge on any atom is -0.367 e. The van der Waals surface area contributed by atoms with Gasteiger partial charge in [-0.05, 0) is 37.0 Å². The third kappa shape index (κ3) is 4.26. The number of amides is 1. The highest BCUT2D eigenvalue weighted by Gasteiger charge is 2.46. The van der Waals surface area contributed by atoms with Crippen molar-refractivity contribution in [3.8, 4) is 0 Å². The second kappa shape index (κ2) is 8.06. The minimum atomic E-state index is -4.47. The average Bonchev–Trinajstić information content (AvgIpc) is 3.14. The quantitative estimate of drug-likeness (QED) is 0.351. The molecule has 2 atom stereocenters. The number of hydrogen-bond donors (Lipinski definition) is 4. The highest BCUT2D eigenvalue weighted by Crippen LogP contribution is 2.40. The fraction of sp³-hybridized carbons (Fsp3) is 0.250. The Hall–Kier alpha value is -3.34. The van der Waals surface area contributed by atoms with E-state index < -0.39 is 24.2 Å². The number of nitrogens with one attached hydrogen (secondary N) is 4. The number of alkyl halides is 3. The first-order valence-electron chi connectivity index (χ1n) is 9.50. The van der Waals surface area contributed by atoms with E-state index in [4.69, 9.17) is 12.2 Å². The molecule has 2 heterocycles. The molecule has 1 amide bonds. The van der Waals surface area contributed by atoms with Crippen LogP contribution in [0.15, 0.2) is 48.7 Å². The van der Waals surface area contributed by atoms with Crippen LogP contribution in [0.1, 0.15) is 29.7 Å². The molecular formula is C20H19F3N6OS. The molecule has 0 bridgehead atoms. The number of hydrazine groups is 1. The Kier molecular flexibility index (Phi) is 5.44. The summed E-state index contributed by atoms with van der Waals surface area (Å²) in [5.74, 6) is -0.640. The van der Waals surface area contributed by atoms with E-state index >= 15 is 0 Å². The van der Waals surface area contributed by atoms with Crippen LogP contribution in [0.4, 0.5) is 24.7 Å². The summed E-state index contributed by atoms with van der Waals surface area (Å²) >= 11 is 5.23. The molecule has 1 aliphatic rings. The predicted octanol–water partition coefficient (Wildman–Crippen LogP) is 3.98. The molecule has 11 heteroatoms. The molecule has 1 aliphatic heterocycles. The summed E-state index contributed by atoms with van der Waals surface area (Å²) < 4.78 is 40.9. The molecule has 162 valence electrons. The summed E-state index contributed by atoms with van der Waals surface area (Å²) in [6.45, 7) is 1.62. The number of anilines is 2. The lowest BCUT2D eigenvalue weighted by Gasteiger charge is -2.31. The number of fused-ring (bicyclic) bond motifs is 2. The number of halogens is 3. The second-order valence-corrected chi connectivity index (χ2v) is 7.66. The van der Waals surface area contributed by atoms with E-state index in [0.717, 1.165) is 27.3 Å². The zero-order valence-electron chi connectivity index (χ0n) is 16.3. The zero-order chi connectivity index (χ0) is 22.2. The first kappa shape index (κ1) is 20.9. The normalized spacial score (nSPS) is 18.1. The van der Waals surface area contributed by atoms with E-state index in [9.17, 15) is 18.0 Å². The van der Waals surface area contributed by atoms with Crippen LogP contribution in [0, 0.1) is 0 Å². The van der Waals surface area contributed by atoms with Crippen molar-refractivity contribution >= 4 is 45.5 Å². The van der Waals surface area contributed by atoms with Crippen LogP contribution in [-0.4, -0.2) is 33.0 Å². The maximum atomic E-state index is 13.3. The monoisotopic (exact) mass is 448 g/mol. The van der Waals surface area contributed by atoms with Crippen molar-refractivity contribution in [3.05, 3.63) is 54.2 Å². The van der Waals surface area contributed by atoms with Crippen molar-refractivity contribution in [1.29, 1.82) is 0 Å². The lowest BCUT2D eigenvalue weighted by molar-refractivity contribution is -0.173. The Morgan fingerprint density at radius 2 is 1.94 bits per heavy atom. The molecule has 0 saturated carbocycles. The SMILES string of the molecule is C[C@H]1C[C@H](C(F)(F)F)n2ncc(C(=O)NNC(=S)Nc3cccc4ccccc34)c2N1. The van der Waals surface area contributed by atoms with Gasteiger partial charge >= 0.3 is 6.18 Å². The van der Waals surface area contributed by atoms with Gasteiger partial charge in [-0.2, -0.15) is 18.3 Å². The Morgan fingerprint density at radius 3 is 2.71 bits per heavy atom. The molecule has 3 aromatic rings. The van der Waals surface area contributed by atoms with Gasteiger partial charge in [-0.15, -0.1) is 0 Å². The van der Waals surface area contributed by atoms with E-state index in [2.05, 4.69) is 26.6 Å². The Labute approximate surface area is 181 Å². The molecule has 31 heavy (non-hydrogen) atoms. The molecule has 0 saturated heterocycles. The van der Waals surface area contributed by atoms with Gasteiger partial charge in [-0.3, -0.25) is 15.6 Å². The molecular weight excluding hydrogens is 429 g/mol. The number of thiocarbonyl (C=S) groups is 1. The standard InChI is InChI=1S/C20H19F3N6OS/c1-11-9-16(20(21,22)23)29-17(25-11)14(10-24-29)18(30)27-28-19(31)26-15-8-4-6-12-5-2-3-7-13(12)15/h2-8,10-11,16,25H,9H2,1H3,(H,27,30)(H2,26,28,31)/t11-,16+/m0/s1.